The molecular formula is C13H19BrClN3O3S. The standard InChI is InChI=1S/C13H18BrN3O3S.ClH/c1-16-8-11-3-2-4-17(11)21(19,20)12-6-9(13(15)18)5-10(14)7-12;/h5-7,11,16H,2-4,8H2,1H3,(H2,15,18);1H. The van der Waals surface area contributed by atoms with E-state index in [1.807, 2.05) is 0 Å². The fourth-order valence-corrected chi connectivity index (χ4v) is 4.96. The van der Waals surface area contributed by atoms with E-state index in [1.165, 1.54) is 22.5 Å². The Morgan fingerprint density at radius 3 is 2.73 bits per heavy atom. The molecule has 0 aromatic heterocycles. The summed E-state index contributed by atoms with van der Waals surface area (Å²) in [5, 5.41) is 3.01. The van der Waals surface area contributed by atoms with Crippen LogP contribution in [0.2, 0.25) is 0 Å². The Morgan fingerprint density at radius 2 is 2.14 bits per heavy atom. The summed E-state index contributed by atoms with van der Waals surface area (Å²) in [5.74, 6) is -0.652. The van der Waals surface area contributed by atoms with Gasteiger partial charge in [0.1, 0.15) is 0 Å². The van der Waals surface area contributed by atoms with Crippen LogP contribution in [0, 0.1) is 0 Å². The number of sulfonamides is 1. The van der Waals surface area contributed by atoms with Crippen LogP contribution in [0.25, 0.3) is 0 Å². The third-order valence-electron chi connectivity index (χ3n) is 3.53. The lowest BCUT2D eigenvalue weighted by Gasteiger charge is -2.24. The normalized spacial score (nSPS) is 18.9. The summed E-state index contributed by atoms with van der Waals surface area (Å²) >= 11 is 3.23. The van der Waals surface area contributed by atoms with Crippen LogP contribution in [0.1, 0.15) is 23.2 Å². The van der Waals surface area contributed by atoms with E-state index < -0.39 is 15.9 Å². The average molecular weight is 413 g/mol. The minimum Gasteiger partial charge on any atom is -0.366 e. The predicted octanol–water partition coefficient (Wildman–Crippen LogP) is 1.34. The molecule has 2 rings (SSSR count). The molecule has 0 spiro atoms. The monoisotopic (exact) mass is 411 g/mol. The van der Waals surface area contributed by atoms with Crippen LogP contribution in [0.5, 0.6) is 0 Å². The van der Waals surface area contributed by atoms with Gasteiger partial charge in [0.05, 0.1) is 4.90 Å². The van der Waals surface area contributed by atoms with E-state index >= 15 is 0 Å². The summed E-state index contributed by atoms with van der Waals surface area (Å²) in [7, 11) is -1.83. The van der Waals surface area contributed by atoms with E-state index in [-0.39, 0.29) is 28.9 Å². The number of likely N-dealkylation sites (N-methyl/N-ethyl adjacent to an activating group) is 1. The van der Waals surface area contributed by atoms with Crippen molar-refractivity contribution in [3.8, 4) is 0 Å². The smallest absolute Gasteiger partial charge is 0.248 e. The maximum Gasteiger partial charge on any atom is 0.248 e. The molecule has 1 amide bonds. The Balaban J connectivity index is 0.00000242. The summed E-state index contributed by atoms with van der Waals surface area (Å²) in [6, 6.07) is 4.28. The second kappa shape index (κ2) is 7.74. The average Bonchev–Trinajstić information content (AvgIpc) is 2.87. The zero-order valence-electron chi connectivity index (χ0n) is 12.1. The maximum absolute atomic E-state index is 12.8. The van der Waals surface area contributed by atoms with Crippen molar-refractivity contribution in [1.29, 1.82) is 0 Å². The highest BCUT2D eigenvalue weighted by Crippen LogP contribution is 2.28. The van der Waals surface area contributed by atoms with Crippen molar-refractivity contribution in [2.75, 3.05) is 20.1 Å². The van der Waals surface area contributed by atoms with Crippen LogP contribution in [-0.2, 0) is 10.0 Å². The van der Waals surface area contributed by atoms with E-state index in [9.17, 15) is 13.2 Å². The van der Waals surface area contributed by atoms with E-state index in [2.05, 4.69) is 21.2 Å². The lowest BCUT2D eigenvalue weighted by atomic mass is 10.2. The highest BCUT2D eigenvalue weighted by Gasteiger charge is 2.35. The van der Waals surface area contributed by atoms with Gasteiger partial charge in [-0.1, -0.05) is 15.9 Å². The molecule has 1 heterocycles. The molecule has 0 bridgehead atoms. The van der Waals surface area contributed by atoms with Gasteiger partial charge in [0.2, 0.25) is 15.9 Å². The fourth-order valence-electron chi connectivity index (χ4n) is 2.55. The fraction of sp³-hybridized carbons (Fsp3) is 0.462. The molecule has 9 heteroatoms. The lowest BCUT2D eigenvalue weighted by molar-refractivity contribution is 0.1000. The van der Waals surface area contributed by atoms with Crippen molar-refractivity contribution in [2.24, 2.45) is 5.73 Å². The van der Waals surface area contributed by atoms with Gasteiger partial charge < -0.3 is 11.1 Å². The van der Waals surface area contributed by atoms with Crippen LogP contribution in [0.4, 0.5) is 0 Å². The Bertz CT molecular complexity index is 654. The number of nitrogens with two attached hydrogens (primary N) is 1. The van der Waals surface area contributed by atoms with Crippen molar-refractivity contribution >= 4 is 44.3 Å². The van der Waals surface area contributed by atoms with Crippen LogP contribution < -0.4 is 11.1 Å². The van der Waals surface area contributed by atoms with Crippen molar-refractivity contribution in [3.63, 3.8) is 0 Å². The molecule has 0 aliphatic carbocycles. The zero-order valence-corrected chi connectivity index (χ0v) is 15.3. The summed E-state index contributed by atoms with van der Waals surface area (Å²) < 4.78 is 27.6. The molecule has 1 aromatic carbocycles. The number of rotatable bonds is 5. The summed E-state index contributed by atoms with van der Waals surface area (Å²) in [6.45, 7) is 1.10. The molecular weight excluding hydrogens is 394 g/mol. The highest BCUT2D eigenvalue weighted by molar-refractivity contribution is 9.10. The quantitative estimate of drug-likeness (QED) is 0.763. The molecule has 124 valence electrons. The molecule has 1 aromatic rings. The van der Waals surface area contributed by atoms with Gasteiger partial charge in [-0.15, -0.1) is 12.4 Å². The molecule has 3 N–H and O–H groups in total. The van der Waals surface area contributed by atoms with E-state index in [1.54, 1.807) is 7.05 Å². The Morgan fingerprint density at radius 1 is 1.45 bits per heavy atom. The first-order chi connectivity index (χ1) is 9.86. The van der Waals surface area contributed by atoms with Gasteiger partial charge in [-0.3, -0.25) is 4.79 Å². The third kappa shape index (κ3) is 3.99. The predicted molar refractivity (Wildman–Crippen MR) is 90.7 cm³/mol. The Kier molecular flexibility index (Phi) is 6.82. The number of amides is 1. The van der Waals surface area contributed by atoms with E-state index in [4.69, 9.17) is 5.73 Å². The molecule has 1 saturated heterocycles. The Labute approximate surface area is 145 Å². The number of carbonyl (C=O) groups is 1. The van der Waals surface area contributed by atoms with Gasteiger partial charge in [0, 0.05) is 29.2 Å². The number of nitrogens with zero attached hydrogens (tertiary/aromatic N) is 1. The van der Waals surface area contributed by atoms with Crippen molar-refractivity contribution < 1.29 is 13.2 Å². The first-order valence-corrected chi connectivity index (χ1v) is 8.86. The largest absolute Gasteiger partial charge is 0.366 e. The van der Waals surface area contributed by atoms with Gasteiger partial charge in [0.15, 0.2) is 0 Å². The van der Waals surface area contributed by atoms with Crippen molar-refractivity contribution in [2.45, 2.75) is 23.8 Å². The molecule has 0 radical (unpaired) electrons. The minimum atomic E-state index is -3.63. The summed E-state index contributed by atoms with van der Waals surface area (Å²) in [5.41, 5.74) is 5.42. The van der Waals surface area contributed by atoms with Crippen LogP contribution in [-0.4, -0.2) is 44.8 Å². The van der Waals surface area contributed by atoms with Gasteiger partial charge >= 0.3 is 0 Å². The van der Waals surface area contributed by atoms with Gasteiger partial charge in [-0.25, -0.2) is 8.42 Å². The molecule has 0 saturated carbocycles. The number of nitrogens with one attached hydrogen (secondary N) is 1. The first kappa shape index (κ1) is 19.4. The molecule has 1 unspecified atom stereocenters. The lowest BCUT2D eigenvalue weighted by Crippen LogP contribution is -2.40. The topological polar surface area (TPSA) is 92.5 Å². The number of primary amides is 1. The molecule has 1 fully saturated rings. The number of halogens is 2. The van der Waals surface area contributed by atoms with E-state index in [0.29, 0.717) is 17.6 Å². The second-order valence-corrected chi connectivity index (χ2v) is 7.82. The number of carbonyl (C=O) groups excluding carboxylic acids is 1. The van der Waals surface area contributed by atoms with Crippen molar-refractivity contribution in [1.82, 2.24) is 9.62 Å². The zero-order chi connectivity index (χ0) is 15.6. The maximum atomic E-state index is 12.8. The van der Waals surface area contributed by atoms with Crippen molar-refractivity contribution in [3.05, 3.63) is 28.2 Å². The van der Waals surface area contributed by atoms with E-state index in [0.717, 1.165) is 12.8 Å². The molecule has 6 nitrogen and oxygen atoms in total. The van der Waals surface area contributed by atoms with Crippen LogP contribution in [0.3, 0.4) is 0 Å². The molecule has 22 heavy (non-hydrogen) atoms. The first-order valence-electron chi connectivity index (χ1n) is 6.63. The minimum absolute atomic E-state index is 0. The van der Waals surface area contributed by atoms with Gasteiger partial charge in [0.25, 0.3) is 0 Å². The summed E-state index contributed by atoms with van der Waals surface area (Å²) in [6.07, 6.45) is 1.67. The SMILES string of the molecule is CNCC1CCCN1S(=O)(=O)c1cc(Br)cc(C(N)=O)c1.Cl. The van der Waals surface area contributed by atoms with Crippen LogP contribution >= 0.6 is 28.3 Å². The molecule has 1 aliphatic rings. The van der Waals surface area contributed by atoms with Gasteiger partial charge in [-0.2, -0.15) is 4.31 Å². The number of benzene rings is 1. The highest BCUT2D eigenvalue weighted by atomic mass is 79.9. The second-order valence-electron chi connectivity index (χ2n) is 5.01. The summed E-state index contributed by atoms with van der Waals surface area (Å²) in [4.78, 5) is 11.4. The Hall–Kier alpha value is -0.670. The molecule has 1 atom stereocenters. The number of hydrogen-bond acceptors (Lipinski definition) is 4. The van der Waals surface area contributed by atoms with Crippen LogP contribution in [0.15, 0.2) is 27.6 Å². The van der Waals surface area contributed by atoms with Gasteiger partial charge in [-0.05, 0) is 38.1 Å². The number of hydrogen-bond donors (Lipinski definition) is 2. The molecule has 1 aliphatic heterocycles. The third-order valence-corrected chi connectivity index (χ3v) is 5.91.